The Balaban J connectivity index is 1.72. The molecule has 3 fully saturated rings. The van der Waals surface area contributed by atoms with Crippen molar-refractivity contribution in [3.63, 3.8) is 0 Å². The average molecular weight is 236 g/mol. The summed E-state index contributed by atoms with van der Waals surface area (Å²) in [6.45, 7) is 1.59. The molecule has 2 heterocycles. The topological polar surface area (TPSA) is 32.3 Å². The van der Waals surface area contributed by atoms with Crippen LogP contribution in [0.1, 0.15) is 51.4 Å². The molecule has 3 rings (SSSR count). The van der Waals surface area contributed by atoms with Gasteiger partial charge in [0.1, 0.15) is 0 Å². The number of fused-ring (bicyclic) bond motifs is 1. The summed E-state index contributed by atoms with van der Waals surface area (Å²) < 4.78 is 0. The van der Waals surface area contributed by atoms with E-state index in [4.69, 9.17) is 0 Å². The molecule has 1 amide bonds. The molecule has 0 aromatic heterocycles. The smallest absolute Gasteiger partial charge is 0.236 e. The van der Waals surface area contributed by atoms with Gasteiger partial charge in [0.2, 0.25) is 5.91 Å². The largest absolute Gasteiger partial charge is 0.337 e. The van der Waals surface area contributed by atoms with Crippen molar-refractivity contribution in [2.45, 2.75) is 63.5 Å². The fourth-order valence-electron chi connectivity index (χ4n) is 4.06. The molecule has 0 aromatic carbocycles. The molecule has 0 spiro atoms. The molecule has 2 saturated heterocycles. The lowest BCUT2D eigenvalue weighted by molar-refractivity contribution is -0.139. The first-order chi connectivity index (χ1) is 8.36. The molecule has 3 nitrogen and oxygen atoms in total. The van der Waals surface area contributed by atoms with E-state index >= 15 is 0 Å². The van der Waals surface area contributed by atoms with Crippen molar-refractivity contribution in [2.24, 2.45) is 5.92 Å². The fraction of sp³-hybridized carbons (Fsp3) is 0.929. The SMILES string of the molecule is O=C1CNC(C2CCCCC2)C2CCCCN12. The molecule has 1 N–H and O–H groups in total. The van der Waals surface area contributed by atoms with Gasteiger partial charge in [-0.15, -0.1) is 0 Å². The Morgan fingerprint density at radius 1 is 1.00 bits per heavy atom. The van der Waals surface area contributed by atoms with E-state index in [1.54, 1.807) is 0 Å². The van der Waals surface area contributed by atoms with E-state index in [9.17, 15) is 4.79 Å². The number of rotatable bonds is 1. The second kappa shape index (κ2) is 4.97. The lowest BCUT2D eigenvalue weighted by atomic mass is 9.77. The molecule has 3 aliphatic rings. The lowest BCUT2D eigenvalue weighted by Crippen LogP contribution is -2.64. The Bertz CT molecular complexity index is 286. The van der Waals surface area contributed by atoms with Crippen LogP contribution in [0.5, 0.6) is 0 Å². The molecule has 2 unspecified atom stereocenters. The Morgan fingerprint density at radius 3 is 2.59 bits per heavy atom. The predicted molar refractivity (Wildman–Crippen MR) is 67.7 cm³/mol. The number of piperazine rings is 1. The zero-order valence-electron chi connectivity index (χ0n) is 10.7. The summed E-state index contributed by atoms with van der Waals surface area (Å²) in [5.41, 5.74) is 0. The number of nitrogens with zero attached hydrogens (tertiary/aromatic N) is 1. The predicted octanol–water partition coefficient (Wildman–Crippen LogP) is 1.92. The van der Waals surface area contributed by atoms with E-state index in [1.165, 1.54) is 51.4 Å². The van der Waals surface area contributed by atoms with Crippen molar-refractivity contribution in [2.75, 3.05) is 13.1 Å². The first-order valence-corrected chi connectivity index (χ1v) is 7.39. The summed E-state index contributed by atoms with van der Waals surface area (Å²) in [5.74, 6) is 1.16. The van der Waals surface area contributed by atoms with Crippen LogP contribution in [0.2, 0.25) is 0 Å². The van der Waals surface area contributed by atoms with E-state index in [0.717, 1.165) is 12.5 Å². The maximum absolute atomic E-state index is 11.9. The molecule has 0 aromatic rings. The summed E-state index contributed by atoms with van der Waals surface area (Å²) in [6.07, 6.45) is 10.7. The van der Waals surface area contributed by atoms with Crippen LogP contribution in [0.3, 0.4) is 0 Å². The molecule has 1 aliphatic carbocycles. The van der Waals surface area contributed by atoms with Gasteiger partial charge in [0.25, 0.3) is 0 Å². The van der Waals surface area contributed by atoms with Gasteiger partial charge in [-0.3, -0.25) is 4.79 Å². The minimum atomic E-state index is 0.335. The Labute approximate surface area is 104 Å². The standard InChI is InChI=1S/C14H24N2O/c17-13-10-15-14(11-6-2-1-3-7-11)12-8-4-5-9-16(12)13/h11-12,14-15H,1-10H2. The summed E-state index contributed by atoms with van der Waals surface area (Å²) in [5, 5.41) is 3.55. The summed E-state index contributed by atoms with van der Waals surface area (Å²) in [7, 11) is 0. The zero-order valence-corrected chi connectivity index (χ0v) is 10.7. The molecular weight excluding hydrogens is 212 g/mol. The van der Waals surface area contributed by atoms with Gasteiger partial charge in [0.05, 0.1) is 6.54 Å². The van der Waals surface area contributed by atoms with Gasteiger partial charge < -0.3 is 10.2 Å². The van der Waals surface area contributed by atoms with Crippen LogP contribution in [0.15, 0.2) is 0 Å². The van der Waals surface area contributed by atoms with E-state index in [2.05, 4.69) is 10.2 Å². The molecule has 1 saturated carbocycles. The van der Waals surface area contributed by atoms with E-state index in [-0.39, 0.29) is 0 Å². The maximum atomic E-state index is 11.9. The van der Waals surface area contributed by atoms with Crippen molar-refractivity contribution in [1.29, 1.82) is 0 Å². The second-order valence-corrected chi connectivity index (χ2v) is 5.96. The van der Waals surface area contributed by atoms with Crippen LogP contribution in [-0.2, 0) is 4.79 Å². The lowest BCUT2D eigenvalue weighted by Gasteiger charge is -2.48. The summed E-state index contributed by atoms with van der Waals surface area (Å²) in [6, 6.07) is 1.10. The Morgan fingerprint density at radius 2 is 1.76 bits per heavy atom. The molecule has 3 heteroatoms. The number of amides is 1. The van der Waals surface area contributed by atoms with Crippen molar-refractivity contribution in [1.82, 2.24) is 10.2 Å². The Kier molecular flexibility index (Phi) is 3.37. The molecule has 17 heavy (non-hydrogen) atoms. The van der Waals surface area contributed by atoms with Crippen molar-refractivity contribution >= 4 is 5.91 Å². The number of nitrogens with one attached hydrogen (secondary N) is 1. The third-order valence-electron chi connectivity index (χ3n) is 4.93. The van der Waals surface area contributed by atoms with Crippen LogP contribution in [0, 0.1) is 5.92 Å². The summed E-state index contributed by atoms with van der Waals surface area (Å²) in [4.78, 5) is 14.1. The normalized spacial score (nSPS) is 35.8. The minimum Gasteiger partial charge on any atom is -0.337 e. The van der Waals surface area contributed by atoms with Crippen LogP contribution < -0.4 is 5.32 Å². The molecule has 0 radical (unpaired) electrons. The van der Waals surface area contributed by atoms with Gasteiger partial charge in [-0.05, 0) is 38.0 Å². The first-order valence-electron chi connectivity index (χ1n) is 7.39. The van der Waals surface area contributed by atoms with Gasteiger partial charge in [-0.2, -0.15) is 0 Å². The maximum Gasteiger partial charge on any atom is 0.236 e. The van der Waals surface area contributed by atoms with Gasteiger partial charge in [0, 0.05) is 18.6 Å². The number of hydrogen-bond donors (Lipinski definition) is 1. The van der Waals surface area contributed by atoms with Gasteiger partial charge in [0.15, 0.2) is 0 Å². The first kappa shape index (κ1) is 11.5. The highest BCUT2D eigenvalue weighted by atomic mass is 16.2. The monoisotopic (exact) mass is 236 g/mol. The zero-order chi connectivity index (χ0) is 11.7. The third-order valence-corrected chi connectivity index (χ3v) is 4.93. The fourth-order valence-corrected chi connectivity index (χ4v) is 4.06. The Hall–Kier alpha value is -0.570. The highest BCUT2D eigenvalue weighted by Crippen LogP contribution is 2.33. The van der Waals surface area contributed by atoms with E-state index in [1.807, 2.05) is 0 Å². The second-order valence-electron chi connectivity index (χ2n) is 5.96. The van der Waals surface area contributed by atoms with E-state index < -0.39 is 0 Å². The minimum absolute atomic E-state index is 0.335. The molecule has 0 bridgehead atoms. The average Bonchev–Trinajstić information content (AvgIpc) is 2.41. The third kappa shape index (κ3) is 2.22. The number of carbonyl (C=O) groups excluding carboxylic acids is 1. The van der Waals surface area contributed by atoms with Crippen LogP contribution >= 0.6 is 0 Å². The van der Waals surface area contributed by atoms with E-state index in [0.29, 0.717) is 24.5 Å². The molecule has 2 atom stereocenters. The molecule has 96 valence electrons. The van der Waals surface area contributed by atoms with Gasteiger partial charge in [-0.1, -0.05) is 19.3 Å². The highest BCUT2D eigenvalue weighted by Gasteiger charge is 2.40. The van der Waals surface area contributed by atoms with Crippen LogP contribution in [0.25, 0.3) is 0 Å². The number of carbonyl (C=O) groups is 1. The number of hydrogen-bond acceptors (Lipinski definition) is 2. The van der Waals surface area contributed by atoms with Gasteiger partial charge >= 0.3 is 0 Å². The quantitative estimate of drug-likeness (QED) is 0.754. The molecular formula is C14H24N2O. The van der Waals surface area contributed by atoms with Crippen molar-refractivity contribution in [3.8, 4) is 0 Å². The summed E-state index contributed by atoms with van der Waals surface area (Å²) >= 11 is 0. The van der Waals surface area contributed by atoms with Crippen molar-refractivity contribution < 1.29 is 4.79 Å². The van der Waals surface area contributed by atoms with Crippen molar-refractivity contribution in [3.05, 3.63) is 0 Å². The van der Waals surface area contributed by atoms with Crippen LogP contribution in [-0.4, -0.2) is 36.0 Å². The van der Waals surface area contributed by atoms with Gasteiger partial charge in [-0.25, -0.2) is 0 Å². The molecule has 2 aliphatic heterocycles. The highest BCUT2D eigenvalue weighted by molar-refractivity contribution is 5.79. The van der Waals surface area contributed by atoms with Crippen LogP contribution in [0.4, 0.5) is 0 Å². The number of piperidine rings is 1.